The summed E-state index contributed by atoms with van der Waals surface area (Å²) in [7, 11) is 0. The van der Waals surface area contributed by atoms with Crippen molar-refractivity contribution in [3.8, 4) is 0 Å². The van der Waals surface area contributed by atoms with Crippen LogP contribution in [-0.4, -0.2) is 18.4 Å². The smallest absolute Gasteiger partial charge is 0.287 e. The molecule has 0 radical (unpaired) electrons. The van der Waals surface area contributed by atoms with Gasteiger partial charge in [-0.3, -0.25) is 14.4 Å². The predicted octanol–water partition coefficient (Wildman–Crippen LogP) is 3.45. The minimum Gasteiger partial charge on any atom is -0.451 e. The van der Waals surface area contributed by atoms with Gasteiger partial charge in [-0.25, -0.2) is 0 Å². The van der Waals surface area contributed by atoms with E-state index in [2.05, 4.69) is 10.6 Å². The second-order valence-corrected chi connectivity index (χ2v) is 6.80. The van der Waals surface area contributed by atoms with Crippen LogP contribution >= 0.6 is 0 Å². The molecule has 1 aromatic carbocycles. The SMILES string of the molecule is CCC(=O)Nc1ccc2oc(C(=O)NCC3CCCCC3)cc(=O)c2c1. The van der Waals surface area contributed by atoms with E-state index in [1.807, 2.05) is 0 Å². The average Bonchev–Trinajstić information content (AvgIpc) is 2.67. The van der Waals surface area contributed by atoms with Crippen LogP contribution in [0.3, 0.4) is 0 Å². The number of carbonyl (C=O) groups is 2. The Morgan fingerprint density at radius 2 is 1.92 bits per heavy atom. The van der Waals surface area contributed by atoms with E-state index in [1.165, 1.54) is 25.3 Å². The highest BCUT2D eigenvalue weighted by Gasteiger charge is 2.17. The summed E-state index contributed by atoms with van der Waals surface area (Å²) < 4.78 is 5.61. The molecule has 0 unspecified atom stereocenters. The zero-order valence-electron chi connectivity index (χ0n) is 15.0. The van der Waals surface area contributed by atoms with Crippen molar-refractivity contribution >= 4 is 28.5 Å². The largest absolute Gasteiger partial charge is 0.451 e. The van der Waals surface area contributed by atoms with Gasteiger partial charge in [-0.05, 0) is 37.0 Å². The third-order valence-electron chi connectivity index (χ3n) is 4.83. The number of nitrogens with one attached hydrogen (secondary N) is 2. The van der Waals surface area contributed by atoms with Crippen LogP contribution in [0.25, 0.3) is 11.0 Å². The third-order valence-corrected chi connectivity index (χ3v) is 4.83. The van der Waals surface area contributed by atoms with Crippen molar-refractivity contribution in [3.05, 3.63) is 40.2 Å². The van der Waals surface area contributed by atoms with Gasteiger partial charge in [-0.2, -0.15) is 0 Å². The third kappa shape index (κ3) is 4.31. The predicted molar refractivity (Wildman–Crippen MR) is 100 cm³/mol. The highest BCUT2D eigenvalue weighted by molar-refractivity contribution is 5.95. The maximum absolute atomic E-state index is 12.4. The van der Waals surface area contributed by atoms with Crippen LogP contribution < -0.4 is 16.1 Å². The Kier molecular flexibility index (Phi) is 5.71. The Hall–Kier alpha value is -2.63. The molecule has 26 heavy (non-hydrogen) atoms. The summed E-state index contributed by atoms with van der Waals surface area (Å²) in [6.45, 7) is 2.37. The van der Waals surface area contributed by atoms with E-state index < -0.39 is 0 Å². The first-order valence-corrected chi connectivity index (χ1v) is 9.22. The van der Waals surface area contributed by atoms with Crippen molar-refractivity contribution in [2.75, 3.05) is 11.9 Å². The van der Waals surface area contributed by atoms with Gasteiger partial charge in [0.1, 0.15) is 5.58 Å². The van der Waals surface area contributed by atoms with Gasteiger partial charge < -0.3 is 15.1 Å². The standard InChI is InChI=1S/C20H24N2O4/c1-2-19(24)22-14-8-9-17-15(10-14)16(23)11-18(26-17)20(25)21-12-13-6-4-3-5-7-13/h8-11,13H,2-7,12H2,1H3,(H,21,25)(H,22,24). The Morgan fingerprint density at radius 3 is 2.65 bits per heavy atom. The molecule has 6 nitrogen and oxygen atoms in total. The molecule has 1 fully saturated rings. The first-order chi connectivity index (χ1) is 12.6. The summed E-state index contributed by atoms with van der Waals surface area (Å²) in [4.78, 5) is 36.2. The van der Waals surface area contributed by atoms with Gasteiger partial charge in [0, 0.05) is 24.7 Å². The van der Waals surface area contributed by atoms with Gasteiger partial charge in [-0.15, -0.1) is 0 Å². The fourth-order valence-electron chi connectivity index (χ4n) is 3.31. The zero-order chi connectivity index (χ0) is 18.5. The van der Waals surface area contributed by atoms with Crippen LogP contribution in [0.15, 0.2) is 33.5 Å². The minimum atomic E-state index is -0.363. The molecule has 0 atom stereocenters. The van der Waals surface area contributed by atoms with E-state index in [-0.39, 0.29) is 23.0 Å². The topological polar surface area (TPSA) is 88.4 Å². The van der Waals surface area contributed by atoms with Crippen LogP contribution in [0.2, 0.25) is 0 Å². The van der Waals surface area contributed by atoms with Crippen LogP contribution in [-0.2, 0) is 4.79 Å². The maximum Gasteiger partial charge on any atom is 0.287 e. The lowest BCUT2D eigenvalue weighted by Gasteiger charge is -2.21. The molecule has 1 aliphatic carbocycles. The lowest BCUT2D eigenvalue weighted by atomic mass is 9.89. The Bertz CT molecular complexity index is 866. The molecular formula is C20H24N2O4. The molecule has 6 heteroatoms. The first kappa shape index (κ1) is 18.2. The molecule has 0 bridgehead atoms. The number of amides is 2. The number of benzene rings is 1. The molecule has 2 N–H and O–H groups in total. The van der Waals surface area contributed by atoms with Crippen LogP contribution in [0.5, 0.6) is 0 Å². The highest BCUT2D eigenvalue weighted by atomic mass is 16.3. The molecule has 0 saturated heterocycles. The van der Waals surface area contributed by atoms with E-state index >= 15 is 0 Å². The fraction of sp³-hybridized carbons (Fsp3) is 0.450. The van der Waals surface area contributed by atoms with Crippen LogP contribution in [0.4, 0.5) is 5.69 Å². The molecule has 0 spiro atoms. The van der Waals surface area contributed by atoms with Gasteiger partial charge in [0.25, 0.3) is 5.91 Å². The summed E-state index contributed by atoms with van der Waals surface area (Å²) in [5, 5.41) is 5.92. The number of hydrogen-bond donors (Lipinski definition) is 2. The summed E-state index contributed by atoms with van der Waals surface area (Å²) in [5.74, 6) is 0.0265. The lowest BCUT2D eigenvalue weighted by molar-refractivity contribution is -0.115. The highest BCUT2D eigenvalue weighted by Crippen LogP contribution is 2.23. The summed E-state index contributed by atoms with van der Waals surface area (Å²) >= 11 is 0. The first-order valence-electron chi connectivity index (χ1n) is 9.22. The van der Waals surface area contributed by atoms with Crippen molar-refractivity contribution < 1.29 is 14.0 Å². The molecule has 138 valence electrons. The van der Waals surface area contributed by atoms with Crippen LogP contribution in [0.1, 0.15) is 56.0 Å². The van der Waals surface area contributed by atoms with E-state index in [4.69, 9.17) is 4.42 Å². The second kappa shape index (κ2) is 8.17. The summed E-state index contributed by atoms with van der Waals surface area (Å²) in [6.07, 6.45) is 6.31. The Morgan fingerprint density at radius 1 is 1.15 bits per heavy atom. The maximum atomic E-state index is 12.4. The Balaban J connectivity index is 1.75. The lowest BCUT2D eigenvalue weighted by Crippen LogP contribution is -2.30. The number of hydrogen-bond acceptors (Lipinski definition) is 4. The van der Waals surface area contributed by atoms with Gasteiger partial charge in [0.05, 0.1) is 5.39 Å². The number of fused-ring (bicyclic) bond motifs is 1. The van der Waals surface area contributed by atoms with Crippen molar-refractivity contribution in [1.29, 1.82) is 0 Å². The van der Waals surface area contributed by atoms with Gasteiger partial charge in [0.15, 0.2) is 11.2 Å². The fourth-order valence-corrected chi connectivity index (χ4v) is 3.31. The Labute approximate surface area is 152 Å². The van der Waals surface area contributed by atoms with Gasteiger partial charge >= 0.3 is 0 Å². The molecule has 0 aliphatic heterocycles. The molecule has 2 aromatic rings. The van der Waals surface area contributed by atoms with Crippen molar-refractivity contribution in [2.24, 2.45) is 5.92 Å². The molecular weight excluding hydrogens is 332 g/mol. The van der Waals surface area contributed by atoms with Gasteiger partial charge in [0.2, 0.25) is 5.91 Å². The van der Waals surface area contributed by atoms with Crippen molar-refractivity contribution in [2.45, 2.75) is 45.4 Å². The minimum absolute atomic E-state index is 0.0173. The average molecular weight is 356 g/mol. The molecule has 2 amide bonds. The second-order valence-electron chi connectivity index (χ2n) is 6.80. The number of anilines is 1. The summed E-state index contributed by atoms with van der Waals surface area (Å²) in [5.41, 5.74) is 0.558. The number of rotatable bonds is 5. The quantitative estimate of drug-likeness (QED) is 0.859. The molecule has 1 heterocycles. The van der Waals surface area contributed by atoms with E-state index in [9.17, 15) is 14.4 Å². The van der Waals surface area contributed by atoms with E-state index in [0.717, 1.165) is 12.8 Å². The van der Waals surface area contributed by atoms with Crippen molar-refractivity contribution in [3.63, 3.8) is 0 Å². The normalized spacial score (nSPS) is 15.0. The zero-order valence-corrected chi connectivity index (χ0v) is 15.0. The summed E-state index contributed by atoms with van der Waals surface area (Å²) in [6, 6.07) is 6.03. The monoisotopic (exact) mass is 356 g/mol. The molecule has 1 saturated carbocycles. The molecule has 3 rings (SSSR count). The van der Waals surface area contributed by atoms with Crippen LogP contribution in [0, 0.1) is 5.92 Å². The molecule has 1 aliphatic rings. The van der Waals surface area contributed by atoms with Crippen molar-refractivity contribution in [1.82, 2.24) is 5.32 Å². The van der Waals surface area contributed by atoms with E-state index in [0.29, 0.717) is 35.5 Å². The van der Waals surface area contributed by atoms with Gasteiger partial charge in [-0.1, -0.05) is 26.2 Å². The number of carbonyl (C=O) groups excluding carboxylic acids is 2. The van der Waals surface area contributed by atoms with E-state index in [1.54, 1.807) is 25.1 Å². The molecule has 1 aromatic heterocycles.